The minimum Gasteiger partial charge on any atom is -0.358 e. The summed E-state index contributed by atoms with van der Waals surface area (Å²) in [6.07, 6.45) is 0. The number of hydrazone groups is 1. The topological polar surface area (TPSA) is 49.1 Å². The molecule has 7 heteroatoms. The van der Waals surface area contributed by atoms with Crippen molar-refractivity contribution in [1.82, 2.24) is 5.43 Å². The summed E-state index contributed by atoms with van der Waals surface area (Å²) < 4.78 is 14.6. The molecular weight excluding hydrogens is 351 g/mol. The maximum Gasteiger partial charge on any atom is 0.281 e. The summed E-state index contributed by atoms with van der Waals surface area (Å²) in [6.45, 7) is 8.85. The average Bonchev–Trinajstić information content (AvgIpc) is 3.21. The van der Waals surface area contributed by atoms with Crippen LogP contribution < -0.4 is 15.2 Å². The van der Waals surface area contributed by atoms with E-state index in [9.17, 15) is 9.18 Å². The third-order valence-corrected chi connectivity index (χ3v) is 5.62. The summed E-state index contributed by atoms with van der Waals surface area (Å²) in [4.78, 5) is 16.2. The Morgan fingerprint density at radius 2 is 2.12 bits per heavy atom. The van der Waals surface area contributed by atoms with Gasteiger partial charge in [-0.2, -0.15) is 5.10 Å². The van der Waals surface area contributed by atoms with Gasteiger partial charge in [-0.15, -0.1) is 11.3 Å². The van der Waals surface area contributed by atoms with Crippen LogP contribution in [0.4, 0.5) is 10.1 Å². The van der Waals surface area contributed by atoms with Crippen LogP contribution in [0.3, 0.4) is 0 Å². The molecule has 0 atom stereocenters. The van der Waals surface area contributed by atoms with Crippen LogP contribution >= 0.6 is 11.3 Å². The number of halogens is 1. The van der Waals surface area contributed by atoms with Gasteiger partial charge in [-0.05, 0) is 37.4 Å². The molecule has 1 aromatic heterocycles. The normalized spacial score (nSPS) is 16.0. The first-order chi connectivity index (χ1) is 12.6. The van der Waals surface area contributed by atoms with Gasteiger partial charge in [0.1, 0.15) is 5.82 Å². The van der Waals surface area contributed by atoms with Gasteiger partial charge in [-0.25, -0.2) is 9.82 Å². The molecule has 3 rings (SSSR count). The van der Waals surface area contributed by atoms with Gasteiger partial charge < -0.3 is 9.80 Å². The lowest BCUT2D eigenvalue weighted by Crippen LogP contribution is -3.14. The summed E-state index contributed by atoms with van der Waals surface area (Å²) >= 11 is 1.35. The molecule has 0 saturated carbocycles. The molecule has 1 fully saturated rings. The Labute approximate surface area is 157 Å². The van der Waals surface area contributed by atoms with Crippen LogP contribution in [0.15, 0.2) is 40.8 Å². The second-order valence-electron chi connectivity index (χ2n) is 6.37. The standard InChI is InChI=1S/C19H23FN4OS/c1-3-23-8-10-24(11-9-23)17-7-6-15(13-16(17)20)14(2)21-22-19(25)18-5-4-12-26-18/h4-7,12-13H,3,8-11H2,1-2H3,(H,22,25)/p+1/b21-14-. The lowest BCUT2D eigenvalue weighted by molar-refractivity contribution is -0.898. The number of amides is 1. The van der Waals surface area contributed by atoms with Crippen molar-refractivity contribution in [1.29, 1.82) is 0 Å². The lowest BCUT2D eigenvalue weighted by atomic mass is 10.1. The molecular formula is C19H24FN4OS+. The van der Waals surface area contributed by atoms with E-state index >= 15 is 0 Å². The highest BCUT2D eigenvalue weighted by molar-refractivity contribution is 7.12. The van der Waals surface area contributed by atoms with Crippen LogP contribution in [-0.4, -0.2) is 44.3 Å². The molecule has 0 aliphatic carbocycles. The molecule has 1 saturated heterocycles. The van der Waals surface area contributed by atoms with Crippen molar-refractivity contribution in [2.24, 2.45) is 5.10 Å². The second kappa shape index (κ2) is 8.42. The van der Waals surface area contributed by atoms with Crippen molar-refractivity contribution < 1.29 is 14.1 Å². The van der Waals surface area contributed by atoms with E-state index in [2.05, 4.69) is 22.4 Å². The van der Waals surface area contributed by atoms with E-state index in [0.29, 0.717) is 21.8 Å². The number of benzene rings is 1. The predicted molar refractivity (Wildman–Crippen MR) is 104 cm³/mol. The number of carbonyl (C=O) groups is 1. The fourth-order valence-corrected chi connectivity index (χ4v) is 3.68. The molecule has 0 unspecified atom stereocenters. The number of carbonyl (C=O) groups excluding carboxylic acids is 1. The van der Waals surface area contributed by atoms with Gasteiger partial charge in [0.05, 0.1) is 49.0 Å². The van der Waals surface area contributed by atoms with E-state index in [1.54, 1.807) is 17.9 Å². The number of rotatable bonds is 5. The Kier molecular flexibility index (Phi) is 6.00. The number of nitrogens with one attached hydrogen (secondary N) is 2. The van der Waals surface area contributed by atoms with Crippen molar-refractivity contribution in [2.45, 2.75) is 13.8 Å². The Morgan fingerprint density at radius 3 is 2.73 bits per heavy atom. The number of anilines is 1. The number of piperazine rings is 1. The molecule has 0 spiro atoms. The molecule has 2 aromatic rings. The number of nitrogens with zero attached hydrogens (tertiary/aromatic N) is 2. The first-order valence-corrected chi connectivity index (χ1v) is 9.73. The predicted octanol–water partition coefficient (Wildman–Crippen LogP) is 1.77. The summed E-state index contributed by atoms with van der Waals surface area (Å²) in [7, 11) is 0. The Morgan fingerprint density at radius 1 is 1.35 bits per heavy atom. The minimum atomic E-state index is -0.257. The summed E-state index contributed by atoms with van der Waals surface area (Å²) in [5, 5.41) is 5.93. The molecule has 0 bridgehead atoms. The number of hydrogen-bond donors (Lipinski definition) is 2. The number of hydrogen-bond acceptors (Lipinski definition) is 4. The van der Waals surface area contributed by atoms with E-state index < -0.39 is 0 Å². The van der Waals surface area contributed by atoms with Gasteiger partial charge in [0.2, 0.25) is 0 Å². The Bertz CT molecular complexity index is 783. The number of likely N-dealkylation sites (N-methyl/N-ethyl adjacent to an activating group) is 1. The monoisotopic (exact) mass is 375 g/mol. The average molecular weight is 375 g/mol. The van der Waals surface area contributed by atoms with Gasteiger partial charge >= 0.3 is 0 Å². The van der Waals surface area contributed by atoms with Gasteiger partial charge in [-0.3, -0.25) is 4.79 Å². The zero-order valence-electron chi connectivity index (χ0n) is 15.1. The summed E-state index contributed by atoms with van der Waals surface area (Å²) in [5.74, 6) is -0.505. The maximum absolute atomic E-state index is 14.6. The van der Waals surface area contributed by atoms with E-state index in [0.717, 1.165) is 32.7 Å². The third-order valence-electron chi connectivity index (χ3n) is 4.75. The van der Waals surface area contributed by atoms with Gasteiger partial charge in [0.15, 0.2) is 0 Å². The SMILES string of the molecule is CC[NH+]1CCN(c2ccc(/C(C)=N\NC(=O)c3cccs3)cc2F)CC1. The largest absolute Gasteiger partial charge is 0.358 e. The second-order valence-corrected chi connectivity index (χ2v) is 7.32. The van der Waals surface area contributed by atoms with E-state index in [-0.39, 0.29) is 11.7 Å². The molecule has 2 N–H and O–H groups in total. The zero-order valence-corrected chi connectivity index (χ0v) is 15.9. The fourth-order valence-electron chi connectivity index (χ4n) is 3.07. The molecule has 5 nitrogen and oxygen atoms in total. The molecule has 1 aliphatic heterocycles. The summed E-state index contributed by atoms with van der Waals surface area (Å²) in [6, 6.07) is 8.70. The van der Waals surface area contributed by atoms with Gasteiger partial charge in [-0.1, -0.05) is 12.1 Å². The molecule has 1 aliphatic rings. The smallest absolute Gasteiger partial charge is 0.281 e. The van der Waals surface area contributed by atoms with Crippen LogP contribution in [0.2, 0.25) is 0 Å². The Hall–Kier alpha value is -2.25. The van der Waals surface area contributed by atoms with Crippen LogP contribution in [0.1, 0.15) is 29.1 Å². The van der Waals surface area contributed by atoms with Crippen molar-refractivity contribution in [3.05, 3.63) is 52.0 Å². The van der Waals surface area contributed by atoms with Crippen molar-refractivity contribution >= 4 is 28.6 Å². The molecule has 2 heterocycles. The highest BCUT2D eigenvalue weighted by Crippen LogP contribution is 2.21. The molecule has 138 valence electrons. The first-order valence-electron chi connectivity index (χ1n) is 8.85. The molecule has 1 amide bonds. The van der Waals surface area contributed by atoms with Crippen molar-refractivity contribution in [2.75, 3.05) is 37.6 Å². The lowest BCUT2D eigenvalue weighted by Gasteiger charge is -2.33. The molecule has 1 aromatic carbocycles. The van der Waals surface area contributed by atoms with Crippen LogP contribution in [0.25, 0.3) is 0 Å². The minimum absolute atomic E-state index is 0.249. The highest BCUT2D eigenvalue weighted by atomic mass is 32.1. The van der Waals surface area contributed by atoms with Crippen LogP contribution in [-0.2, 0) is 0 Å². The summed E-state index contributed by atoms with van der Waals surface area (Å²) in [5.41, 5.74) is 4.39. The van der Waals surface area contributed by atoms with E-state index in [1.165, 1.54) is 17.4 Å². The Balaban J connectivity index is 1.66. The third kappa shape index (κ3) is 4.28. The molecule has 0 radical (unpaired) electrons. The molecule has 26 heavy (non-hydrogen) atoms. The van der Waals surface area contributed by atoms with Crippen LogP contribution in [0.5, 0.6) is 0 Å². The van der Waals surface area contributed by atoms with Gasteiger partial charge in [0.25, 0.3) is 5.91 Å². The van der Waals surface area contributed by atoms with Crippen molar-refractivity contribution in [3.63, 3.8) is 0 Å². The quantitative estimate of drug-likeness (QED) is 0.618. The van der Waals surface area contributed by atoms with Crippen molar-refractivity contribution in [3.8, 4) is 0 Å². The van der Waals surface area contributed by atoms with E-state index in [1.807, 2.05) is 23.6 Å². The zero-order chi connectivity index (χ0) is 18.5. The highest BCUT2D eigenvalue weighted by Gasteiger charge is 2.21. The first kappa shape index (κ1) is 18.5. The number of thiophene rings is 1. The van der Waals surface area contributed by atoms with E-state index in [4.69, 9.17) is 0 Å². The maximum atomic E-state index is 14.6. The van der Waals surface area contributed by atoms with Crippen LogP contribution in [0, 0.1) is 5.82 Å². The fraction of sp³-hybridized carbons (Fsp3) is 0.368. The van der Waals surface area contributed by atoms with Gasteiger partial charge in [0, 0.05) is 5.56 Å². The number of quaternary nitrogens is 1.